The number of aryl methyl sites for hydroxylation is 1. The van der Waals surface area contributed by atoms with Gasteiger partial charge in [0, 0.05) is 7.05 Å². The van der Waals surface area contributed by atoms with Gasteiger partial charge < -0.3 is 5.73 Å². The summed E-state index contributed by atoms with van der Waals surface area (Å²) in [5.74, 6) is 0.0794. The van der Waals surface area contributed by atoms with Crippen molar-refractivity contribution in [3.05, 3.63) is 24.4 Å². The monoisotopic (exact) mass is 219 g/mol. The van der Waals surface area contributed by atoms with Crippen LogP contribution in [0.4, 0.5) is 11.8 Å². The van der Waals surface area contributed by atoms with Crippen LogP contribution >= 0.6 is 0 Å². The minimum Gasteiger partial charge on any atom is -0.382 e. The average molecular weight is 219 g/mol. The zero-order chi connectivity index (χ0) is 11.5. The Morgan fingerprint density at radius 3 is 2.94 bits per heavy atom. The molecule has 0 aliphatic rings. The Hall–Kier alpha value is -2.51. The van der Waals surface area contributed by atoms with Gasteiger partial charge in [0.1, 0.15) is 17.8 Å². The lowest BCUT2D eigenvalue weighted by Crippen LogP contribution is -2.17. The highest BCUT2D eigenvalue weighted by Gasteiger charge is 2.11. The third-order valence-corrected chi connectivity index (χ3v) is 1.82. The second-order valence-corrected chi connectivity index (χ2v) is 2.99. The topological polar surface area (TPSA) is 112 Å². The molecule has 3 N–H and O–H groups in total. The smallest absolute Gasteiger partial charge is 0.278 e. The zero-order valence-corrected chi connectivity index (χ0v) is 8.45. The van der Waals surface area contributed by atoms with E-state index in [1.807, 2.05) is 0 Å². The molecule has 0 radical (unpaired) electrons. The van der Waals surface area contributed by atoms with Gasteiger partial charge in [0.05, 0.1) is 12.4 Å². The first kappa shape index (κ1) is 10.0. The summed E-state index contributed by atoms with van der Waals surface area (Å²) in [6.07, 6.45) is 4.02. The van der Waals surface area contributed by atoms with Crippen molar-refractivity contribution in [2.45, 2.75) is 0 Å². The maximum atomic E-state index is 11.7. The number of nitrogens with zero attached hydrogens (tertiary/aromatic N) is 5. The van der Waals surface area contributed by atoms with Gasteiger partial charge >= 0.3 is 0 Å². The van der Waals surface area contributed by atoms with Gasteiger partial charge in [-0.1, -0.05) is 0 Å². The molecule has 2 aromatic heterocycles. The van der Waals surface area contributed by atoms with Crippen LogP contribution < -0.4 is 11.1 Å². The molecule has 0 aliphatic carbocycles. The van der Waals surface area contributed by atoms with Crippen LogP contribution in [0.3, 0.4) is 0 Å². The van der Waals surface area contributed by atoms with Crippen LogP contribution in [0.2, 0.25) is 0 Å². The average Bonchev–Trinajstić information content (AvgIpc) is 2.64. The van der Waals surface area contributed by atoms with Gasteiger partial charge in [-0.2, -0.15) is 10.1 Å². The maximum absolute atomic E-state index is 11.7. The van der Waals surface area contributed by atoms with Crippen molar-refractivity contribution in [2.75, 3.05) is 11.1 Å². The van der Waals surface area contributed by atoms with Gasteiger partial charge in [0.15, 0.2) is 0 Å². The van der Waals surface area contributed by atoms with Crippen molar-refractivity contribution < 1.29 is 4.79 Å². The maximum Gasteiger partial charge on any atom is 0.278 e. The van der Waals surface area contributed by atoms with Crippen LogP contribution in [-0.2, 0) is 7.05 Å². The van der Waals surface area contributed by atoms with Crippen LogP contribution in [0.5, 0.6) is 0 Å². The minimum atomic E-state index is -0.434. The molecule has 0 aliphatic heterocycles. The molecule has 16 heavy (non-hydrogen) atoms. The molecule has 0 bridgehead atoms. The predicted molar refractivity (Wildman–Crippen MR) is 55.4 cm³/mol. The summed E-state index contributed by atoms with van der Waals surface area (Å²) in [7, 11) is 1.66. The van der Waals surface area contributed by atoms with E-state index in [0.29, 0.717) is 5.95 Å². The van der Waals surface area contributed by atoms with E-state index in [-0.39, 0.29) is 11.5 Å². The van der Waals surface area contributed by atoms with Gasteiger partial charge in [-0.3, -0.25) is 15.1 Å². The van der Waals surface area contributed by atoms with Crippen LogP contribution in [0, 0.1) is 0 Å². The number of hydrogen-bond donors (Lipinski definition) is 2. The number of carbonyl (C=O) groups is 1. The summed E-state index contributed by atoms with van der Waals surface area (Å²) in [6.45, 7) is 0. The quantitative estimate of drug-likeness (QED) is 0.700. The normalized spacial score (nSPS) is 10.1. The molecule has 0 saturated carbocycles. The lowest BCUT2D eigenvalue weighted by atomic mass is 10.4. The molecule has 0 atom stereocenters. The molecule has 2 aromatic rings. The van der Waals surface area contributed by atoms with Crippen LogP contribution in [0.1, 0.15) is 10.5 Å². The van der Waals surface area contributed by atoms with Crippen molar-refractivity contribution in [1.82, 2.24) is 24.7 Å². The third-order valence-electron chi connectivity index (χ3n) is 1.82. The summed E-state index contributed by atoms with van der Waals surface area (Å²) >= 11 is 0. The first-order chi connectivity index (χ1) is 7.66. The molecular formula is C8H9N7O. The number of amides is 1. The molecule has 82 valence electrons. The number of nitrogens with two attached hydrogens (primary N) is 1. The Kier molecular flexibility index (Phi) is 2.46. The van der Waals surface area contributed by atoms with Gasteiger partial charge in [0.25, 0.3) is 5.91 Å². The highest BCUT2D eigenvalue weighted by Crippen LogP contribution is 2.03. The summed E-state index contributed by atoms with van der Waals surface area (Å²) in [5.41, 5.74) is 5.54. The predicted octanol–water partition coefficient (Wildman–Crippen LogP) is -0.560. The van der Waals surface area contributed by atoms with Crippen molar-refractivity contribution in [3.63, 3.8) is 0 Å². The standard InChI is InChI=1S/C8H9N7O/c1-15-8(11-4-12-15)14-7(16)5-2-10-3-6(9)13-5/h2-4H,1H3,(H2,9,13)(H,11,12,14,16). The van der Waals surface area contributed by atoms with Gasteiger partial charge in [0.2, 0.25) is 5.95 Å². The number of nitrogen functional groups attached to an aromatic ring is 1. The lowest BCUT2D eigenvalue weighted by molar-refractivity contribution is 0.102. The highest BCUT2D eigenvalue weighted by molar-refractivity contribution is 6.01. The summed E-state index contributed by atoms with van der Waals surface area (Å²) in [5, 5.41) is 6.34. The Balaban J connectivity index is 2.18. The zero-order valence-electron chi connectivity index (χ0n) is 8.45. The van der Waals surface area contributed by atoms with Crippen molar-refractivity contribution in [3.8, 4) is 0 Å². The largest absolute Gasteiger partial charge is 0.382 e. The Morgan fingerprint density at radius 1 is 1.50 bits per heavy atom. The SMILES string of the molecule is Cn1ncnc1NC(=O)c1cncc(N)n1. The van der Waals surface area contributed by atoms with E-state index in [0.717, 1.165) is 0 Å². The Labute approximate surface area is 90.5 Å². The van der Waals surface area contributed by atoms with Crippen LogP contribution in [0.25, 0.3) is 0 Å². The van der Waals surface area contributed by atoms with E-state index in [9.17, 15) is 4.79 Å². The number of anilines is 2. The Morgan fingerprint density at radius 2 is 2.31 bits per heavy atom. The Bertz CT molecular complexity index is 521. The molecule has 0 aromatic carbocycles. The number of aromatic nitrogens is 5. The molecule has 2 heterocycles. The molecule has 0 spiro atoms. The van der Waals surface area contributed by atoms with Gasteiger partial charge in [-0.15, -0.1) is 0 Å². The molecule has 2 rings (SSSR count). The van der Waals surface area contributed by atoms with E-state index in [1.165, 1.54) is 23.4 Å². The van der Waals surface area contributed by atoms with E-state index in [1.54, 1.807) is 7.05 Å². The van der Waals surface area contributed by atoms with E-state index in [4.69, 9.17) is 5.73 Å². The molecule has 0 unspecified atom stereocenters. The van der Waals surface area contributed by atoms with E-state index in [2.05, 4.69) is 25.4 Å². The number of nitrogens with one attached hydrogen (secondary N) is 1. The van der Waals surface area contributed by atoms with E-state index >= 15 is 0 Å². The van der Waals surface area contributed by atoms with Crippen LogP contribution in [-0.4, -0.2) is 30.6 Å². The van der Waals surface area contributed by atoms with E-state index < -0.39 is 5.91 Å². The lowest BCUT2D eigenvalue weighted by Gasteiger charge is -2.02. The summed E-state index contributed by atoms with van der Waals surface area (Å²) in [6, 6.07) is 0. The number of carbonyl (C=O) groups excluding carboxylic acids is 1. The first-order valence-corrected chi connectivity index (χ1v) is 4.39. The molecule has 8 heteroatoms. The first-order valence-electron chi connectivity index (χ1n) is 4.39. The van der Waals surface area contributed by atoms with Crippen molar-refractivity contribution >= 4 is 17.7 Å². The molecule has 1 amide bonds. The number of hydrogen-bond acceptors (Lipinski definition) is 6. The summed E-state index contributed by atoms with van der Waals surface area (Å²) < 4.78 is 1.43. The van der Waals surface area contributed by atoms with Gasteiger partial charge in [-0.25, -0.2) is 9.67 Å². The molecule has 8 nitrogen and oxygen atoms in total. The van der Waals surface area contributed by atoms with Crippen molar-refractivity contribution in [2.24, 2.45) is 7.05 Å². The second-order valence-electron chi connectivity index (χ2n) is 2.99. The molecular weight excluding hydrogens is 210 g/mol. The fourth-order valence-electron chi connectivity index (χ4n) is 1.07. The van der Waals surface area contributed by atoms with Crippen LogP contribution in [0.15, 0.2) is 18.7 Å². The minimum absolute atomic E-state index is 0.128. The third kappa shape index (κ3) is 1.95. The molecule has 0 fully saturated rings. The fraction of sp³-hybridized carbons (Fsp3) is 0.125. The molecule has 0 saturated heterocycles. The van der Waals surface area contributed by atoms with Crippen molar-refractivity contribution in [1.29, 1.82) is 0 Å². The van der Waals surface area contributed by atoms with Gasteiger partial charge in [-0.05, 0) is 0 Å². The second kappa shape index (κ2) is 3.93. The fourth-order valence-corrected chi connectivity index (χ4v) is 1.07. The summed E-state index contributed by atoms with van der Waals surface area (Å²) in [4.78, 5) is 23.1. The highest BCUT2D eigenvalue weighted by atomic mass is 16.2. The number of rotatable bonds is 2.